The number of carboxylic acid groups (broad SMARTS) is 1. The van der Waals surface area contributed by atoms with Gasteiger partial charge in [0, 0.05) is 18.0 Å². The summed E-state index contributed by atoms with van der Waals surface area (Å²) in [6, 6.07) is 1.44. The summed E-state index contributed by atoms with van der Waals surface area (Å²) >= 11 is 1.65. The highest BCUT2D eigenvalue weighted by molar-refractivity contribution is 7.10. The highest BCUT2D eigenvalue weighted by Gasteiger charge is 2.32. The van der Waals surface area contributed by atoms with Crippen LogP contribution in [0, 0.1) is 0 Å². The zero-order chi connectivity index (χ0) is 10.8. The van der Waals surface area contributed by atoms with Crippen LogP contribution in [0.15, 0.2) is 24.1 Å². The number of hydrogen-bond acceptors (Lipinski definition) is 3. The lowest BCUT2D eigenvalue weighted by Gasteiger charge is -2.32. The summed E-state index contributed by atoms with van der Waals surface area (Å²) in [5.74, 6) is -0.767. The van der Waals surface area contributed by atoms with Gasteiger partial charge in [0.2, 0.25) is 0 Å². The molecule has 0 aliphatic carbocycles. The normalized spacial score (nSPS) is 20.9. The predicted octanol–water partition coefficient (Wildman–Crippen LogP) is 1.92. The van der Waals surface area contributed by atoms with Crippen molar-refractivity contribution in [2.75, 3.05) is 13.1 Å². The molecular weight excluding hydrogens is 210 g/mol. The first-order valence-electron chi connectivity index (χ1n) is 4.88. The van der Waals surface area contributed by atoms with Gasteiger partial charge in [-0.15, -0.1) is 17.9 Å². The summed E-state index contributed by atoms with van der Waals surface area (Å²) < 4.78 is 0. The van der Waals surface area contributed by atoms with Gasteiger partial charge in [-0.1, -0.05) is 6.08 Å². The van der Waals surface area contributed by atoms with Crippen molar-refractivity contribution in [3.63, 3.8) is 0 Å². The van der Waals surface area contributed by atoms with Crippen LogP contribution in [0.2, 0.25) is 0 Å². The third kappa shape index (κ3) is 1.82. The van der Waals surface area contributed by atoms with Crippen LogP contribution in [-0.4, -0.2) is 29.1 Å². The van der Waals surface area contributed by atoms with E-state index in [9.17, 15) is 9.90 Å². The molecule has 1 aromatic rings. The minimum atomic E-state index is -0.767. The summed E-state index contributed by atoms with van der Waals surface area (Å²) in [5, 5.41) is 11.2. The third-order valence-corrected chi connectivity index (χ3v) is 3.66. The standard InChI is InChI=1S/C11H13NO2S/c1-2-5-12-6-3-9-8(4-7-15-9)10(12)11(13)14/h2,4,7,10H,1,3,5-6H2,(H,13,14). The van der Waals surface area contributed by atoms with Crippen LogP contribution >= 0.6 is 11.3 Å². The molecule has 1 unspecified atom stereocenters. The second kappa shape index (κ2) is 4.16. The fraction of sp³-hybridized carbons (Fsp3) is 0.364. The maximum absolute atomic E-state index is 11.2. The minimum Gasteiger partial charge on any atom is -0.480 e. The molecule has 4 heteroatoms. The first-order valence-corrected chi connectivity index (χ1v) is 5.76. The molecule has 0 saturated heterocycles. The number of aliphatic carboxylic acids is 1. The Balaban J connectivity index is 2.33. The molecule has 0 saturated carbocycles. The van der Waals surface area contributed by atoms with Crippen LogP contribution in [0.1, 0.15) is 16.5 Å². The molecule has 0 radical (unpaired) electrons. The summed E-state index contributed by atoms with van der Waals surface area (Å²) in [6.45, 7) is 5.09. The molecule has 3 nitrogen and oxygen atoms in total. The van der Waals surface area contributed by atoms with Crippen molar-refractivity contribution in [3.05, 3.63) is 34.5 Å². The number of carboxylic acids is 1. The van der Waals surface area contributed by atoms with E-state index in [1.54, 1.807) is 17.4 Å². The molecule has 1 aliphatic heterocycles. The molecule has 15 heavy (non-hydrogen) atoms. The summed E-state index contributed by atoms with van der Waals surface area (Å²) in [5.41, 5.74) is 0.959. The maximum atomic E-state index is 11.2. The molecule has 1 aromatic heterocycles. The predicted molar refractivity (Wildman–Crippen MR) is 60.2 cm³/mol. The highest BCUT2D eigenvalue weighted by atomic mass is 32.1. The van der Waals surface area contributed by atoms with Crippen molar-refractivity contribution in [1.29, 1.82) is 0 Å². The van der Waals surface area contributed by atoms with Crippen LogP contribution in [0.4, 0.5) is 0 Å². The Morgan fingerprint density at radius 3 is 3.27 bits per heavy atom. The second-order valence-electron chi connectivity index (χ2n) is 3.57. The van der Waals surface area contributed by atoms with E-state index in [4.69, 9.17) is 0 Å². The second-order valence-corrected chi connectivity index (χ2v) is 4.57. The average molecular weight is 223 g/mol. The van der Waals surface area contributed by atoms with Crippen LogP contribution < -0.4 is 0 Å². The first kappa shape index (κ1) is 10.4. The largest absolute Gasteiger partial charge is 0.480 e. The van der Waals surface area contributed by atoms with E-state index >= 15 is 0 Å². The SMILES string of the molecule is C=CCN1CCc2sccc2C1C(=O)O. The van der Waals surface area contributed by atoms with Crippen molar-refractivity contribution in [2.45, 2.75) is 12.5 Å². The van der Waals surface area contributed by atoms with Gasteiger partial charge in [-0.3, -0.25) is 9.69 Å². The number of rotatable bonds is 3. The Morgan fingerprint density at radius 2 is 2.60 bits per heavy atom. The Hall–Kier alpha value is -1.13. The van der Waals surface area contributed by atoms with Crippen molar-refractivity contribution < 1.29 is 9.90 Å². The van der Waals surface area contributed by atoms with Crippen molar-refractivity contribution in [1.82, 2.24) is 4.90 Å². The van der Waals surface area contributed by atoms with Crippen LogP contribution in [0.25, 0.3) is 0 Å². The highest BCUT2D eigenvalue weighted by Crippen LogP contribution is 2.33. The Bertz CT molecular complexity index is 386. The van der Waals surface area contributed by atoms with Gasteiger partial charge in [0.15, 0.2) is 0 Å². The summed E-state index contributed by atoms with van der Waals surface area (Å²) in [4.78, 5) is 14.4. The van der Waals surface area contributed by atoms with Gasteiger partial charge < -0.3 is 5.11 Å². The number of fused-ring (bicyclic) bond motifs is 1. The van der Waals surface area contributed by atoms with Gasteiger partial charge in [0.05, 0.1) is 0 Å². The van der Waals surface area contributed by atoms with Crippen molar-refractivity contribution in [3.8, 4) is 0 Å². The third-order valence-electron chi connectivity index (χ3n) is 2.66. The smallest absolute Gasteiger partial charge is 0.325 e. The molecular formula is C11H13NO2S. The topological polar surface area (TPSA) is 40.5 Å². The molecule has 2 heterocycles. The molecule has 1 atom stereocenters. The Morgan fingerprint density at radius 1 is 1.80 bits per heavy atom. The zero-order valence-corrected chi connectivity index (χ0v) is 9.17. The fourth-order valence-electron chi connectivity index (χ4n) is 2.02. The minimum absolute atomic E-state index is 0.488. The lowest BCUT2D eigenvalue weighted by molar-refractivity contribution is -0.143. The Labute approximate surface area is 92.6 Å². The maximum Gasteiger partial charge on any atom is 0.325 e. The summed E-state index contributed by atoms with van der Waals surface area (Å²) in [7, 11) is 0. The van der Waals surface area contributed by atoms with Crippen molar-refractivity contribution in [2.24, 2.45) is 0 Å². The van der Waals surface area contributed by atoms with E-state index in [-0.39, 0.29) is 0 Å². The van der Waals surface area contributed by atoms with E-state index in [0.29, 0.717) is 6.54 Å². The van der Waals surface area contributed by atoms with E-state index in [2.05, 4.69) is 6.58 Å². The number of nitrogens with zero attached hydrogens (tertiary/aromatic N) is 1. The van der Waals surface area contributed by atoms with E-state index in [1.165, 1.54) is 4.88 Å². The lowest BCUT2D eigenvalue weighted by atomic mass is 10.0. The molecule has 80 valence electrons. The number of hydrogen-bond donors (Lipinski definition) is 1. The molecule has 2 rings (SSSR count). The molecule has 0 spiro atoms. The quantitative estimate of drug-likeness (QED) is 0.796. The van der Waals surface area contributed by atoms with Gasteiger partial charge >= 0.3 is 5.97 Å². The van der Waals surface area contributed by atoms with Gasteiger partial charge in [-0.2, -0.15) is 0 Å². The van der Waals surface area contributed by atoms with Gasteiger partial charge in [-0.25, -0.2) is 0 Å². The average Bonchev–Trinajstić information content (AvgIpc) is 2.64. The van der Waals surface area contributed by atoms with Gasteiger partial charge in [0.25, 0.3) is 0 Å². The number of thiophene rings is 1. The molecule has 1 aliphatic rings. The molecule has 0 aromatic carbocycles. The van der Waals surface area contributed by atoms with Gasteiger partial charge in [0.1, 0.15) is 6.04 Å². The van der Waals surface area contributed by atoms with Crippen molar-refractivity contribution >= 4 is 17.3 Å². The van der Waals surface area contributed by atoms with E-state index in [1.807, 2.05) is 16.3 Å². The molecule has 1 N–H and O–H groups in total. The Kier molecular flexibility index (Phi) is 2.88. The molecule has 0 fully saturated rings. The van der Waals surface area contributed by atoms with E-state index < -0.39 is 12.0 Å². The van der Waals surface area contributed by atoms with Crippen LogP contribution in [0.5, 0.6) is 0 Å². The van der Waals surface area contributed by atoms with E-state index in [0.717, 1.165) is 18.5 Å². The van der Waals surface area contributed by atoms with Crippen LogP contribution in [-0.2, 0) is 11.2 Å². The summed E-state index contributed by atoms with van der Waals surface area (Å²) in [6.07, 6.45) is 2.71. The monoisotopic (exact) mass is 223 g/mol. The zero-order valence-electron chi connectivity index (χ0n) is 8.35. The van der Waals surface area contributed by atoms with Gasteiger partial charge in [-0.05, 0) is 23.4 Å². The molecule has 0 bridgehead atoms. The lowest BCUT2D eigenvalue weighted by Crippen LogP contribution is -2.39. The molecule has 0 amide bonds. The van der Waals surface area contributed by atoms with Crippen LogP contribution in [0.3, 0.4) is 0 Å². The first-order chi connectivity index (χ1) is 7.24. The number of carbonyl (C=O) groups is 1. The fourth-order valence-corrected chi connectivity index (χ4v) is 2.92.